The van der Waals surface area contributed by atoms with Gasteiger partial charge in [0.25, 0.3) is 5.91 Å². The predicted octanol–water partition coefficient (Wildman–Crippen LogP) is 2.72. The van der Waals surface area contributed by atoms with E-state index in [0.717, 1.165) is 37.0 Å². The zero-order valence-electron chi connectivity index (χ0n) is 16.9. The number of rotatable bonds is 6. The minimum Gasteiger partial charge on any atom is -0.484 e. The molecule has 0 unspecified atom stereocenters. The van der Waals surface area contributed by atoms with Crippen LogP contribution in [0.5, 0.6) is 5.75 Å². The smallest absolute Gasteiger partial charge is 0.338 e. The van der Waals surface area contributed by atoms with E-state index in [1.807, 2.05) is 0 Å². The molecule has 1 amide bonds. The van der Waals surface area contributed by atoms with E-state index in [9.17, 15) is 14.4 Å². The fourth-order valence-electron chi connectivity index (χ4n) is 5.90. The van der Waals surface area contributed by atoms with Crippen LogP contribution in [0.4, 0.5) is 0 Å². The highest BCUT2D eigenvalue weighted by Gasteiger charge is 2.51. The van der Waals surface area contributed by atoms with E-state index in [-0.39, 0.29) is 34.9 Å². The van der Waals surface area contributed by atoms with Crippen molar-refractivity contribution in [3.63, 3.8) is 0 Å². The van der Waals surface area contributed by atoms with E-state index < -0.39 is 11.9 Å². The molecule has 0 radical (unpaired) electrons. The second-order valence-electron chi connectivity index (χ2n) is 8.76. The Morgan fingerprint density at radius 3 is 1.83 bits per heavy atom. The zero-order valence-corrected chi connectivity index (χ0v) is 16.9. The first-order chi connectivity index (χ1) is 13.9. The summed E-state index contributed by atoms with van der Waals surface area (Å²) in [4.78, 5) is 36.4. The normalized spacial score (nSPS) is 29.2. The van der Waals surface area contributed by atoms with E-state index in [1.165, 1.54) is 51.7 Å². The van der Waals surface area contributed by atoms with Gasteiger partial charge in [0.2, 0.25) is 0 Å². The van der Waals surface area contributed by atoms with Gasteiger partial charge in [0, 0.05) is 5.54 Å². The summed E-state index contributed by atoms with van der Waals surface area (Å²) in [6, 6.07) is 4.28. The fraction of sp³-hybridized carbons (Fsp3) is 0.591. The Labute approximate surface area is 170 Å². The summed E-state index contributed by atoms with van der Waals surface area (Å²) in [7, 11) is 2.51. The third-order valence-electron chi connectivity index (χ3n) is 6.56. The molecule has 1 N–H and O–H groups in total. The molecule has 4 aliphatic rings. The largest absolute Gasteiger partial charge is 0.484 e. The molecular weight excluding hydrogens is 374 g/mol. The maximum atomic E-state index is 12.6. The number of benzene rings is 1. The van der Waals surface area contributed by atoms with Crippen LogP contribution in [0.3, 0.4) is 0 Å². The van der Waals surface area contributed by atoms with Crippen molar-refractivity contribution >= 4 is 17.8 Å². The Morgan fingerprint density at radius 2 is 1.38 bits per heavy atom. The molecule has 0 aliphatic heterocycles. The molecule has 4 aliphatic carbocycles. The van der Waals surface area contributed by atoms with Gasteiger partial charge in [-0.1, -0.05) is 0 Å². The van der Waals surface area contributed by atoms with Gasteiger partial charge in [-0.3, -0.25) is 4.79 Å². The van der Waals surface area contributed by atoms with E-state index >= 15 is 0 Å². The molecule has 1 aromatic carbocycles. The Kier molecular flexibility index (Phi) is 5.23. The van der Waals surface area contributed by atoms with Crippen LogP contribution in [0.15, 0.2) is 18.2 Å². The molecule has 0 heterocycles. The van der Waals surface area contributed by atoms with Crippen molar-refractivity contribution < 1.29 is 28.6 Å². The molecule has 0 saturated heterocycles. The van der Waals surface area contributed by atoms with Crippen LogP contribution < -0.4 is 10.1 Å². The number of nitrogens with one attached hydrogen (secondary N) is 1. The van der Waals surface area contributed by atoms with Gasteiger partial charge in [-0.05, 0) is 74.5 Å². The predicted molar refractivity (Wildman–Crippen MR) is 104 cm³/mol. The third-order valence-corrected chi connectivity index (χ3v) is 6.56. The first kappa shape index (κ1) is 19.7. The lowest BCUT2D eigenvalue weighted by atomic mass is 9.53. The van der Waals surface area contributed by atoms with Crippen LogP contribution in [0.2, 0.25) is 0 Å². The molecule has 4 saturated carbocycles. The van der Waals surface area contributed by atoms with Gasteiger partial charge in [-0.25, -0.2) is 9.59 Å². The highest BCUT2D eigenvalue weighted by atomic mass is 16.5. The second kappa shape index (κ2) is 7.69. The number of hydrogen-bond donors (Lipinski definition) is 1. The maximum Gasteiger partial charge on any atom is 0.338 e. The van der Waals surface area contributed by atoms with Crippen LogP contribution >= 0.6 is 0 Å². The van der Waals surface area contributed by atoms with Crippen molar-refractivity contribution in [1.82, 2.24) is 5.32 Å². The molecule has 5 rings (SSSR count). The first-order valence-electron chi connectivity index (χ1n) is 10.2. The summed E-state index contributed by atoms with van der Waals surface area (Å²) in [6.07, 6.45) is 7.12. The molecule has 0 aromatic heterocycles. The van der Waals surface area contributed by atoms with Crippen LogP contribution in [-0.2, 0) is 14.3 Å². The Morgan fingerprint density at radius 1 is 0.897 bits per heavy atom. The number of ether oxygens (including phenoxy) is 3. The molecule has 4 fully saturated rings. The maximum absolute atomic E-state index is 12.6. The lowest BCUT2D eigenvalue weighted by Gasteiger charge is -2.56. The van der Waals surface area contributed by atoms with Crippen molar-refractivity contribution in [2.75, 3.05) is 20.8 Å². The summed E-state index contributed by atoms with van der Waals surface area (Å²) < 4.78 is 15.1. The number of esters is 2. The molecule has 0 atom stereocenters. The number of carbonyl (C=O) groups is 3. The Bertz CT molecular complexity index is 763. The zero-order chi connectivity index (χ0) is 20.6. The average Bonchev–Trinajstić information content (AvgIpc) is 2.69. The van der Waals surface area contributed by atoms with Crippen LogP contribution in [-0.4, -0.2) is 44.2 Å². The second-order valence-corrected chi connectivity index (χ2v) is 8.76. The minimum absolute atomic E-state index is 0.0831. The molecule has 1 aromatic rings. The average molecular weight is 401 g/mol. The van der Waals surface area contributed by atoms with Crippen LogP contribution in [0.1, 0.15) is 59.2 Å². The molecule has 7 nitrogen and oxygen atoms in total. The van der Waals surface area contributed by atoms with Crippen molar-refractivity contribution in [3.8, 4) is 5.75 Å². The minimum atomic E-state index is -0.598. The standard InChI is InChI=1S/C22H27NO6/c1-27-20(25)16-6-17(21(26)28-2)8-18(7-16)29-12-19(24)23-22-9-13-3-14(10-22)5-15(4-13)11-22/h6-8,13-15H,3-5,9-12H2,1-2H3,(H,23,24). The van der Waals surface area contributed by atoms with Crippen molar-refractivity contribution in [2.24, 2.45) is 17.8 Å². The van der Waals surface area contributed by atoms with Crippen molar-refractivity contribution in [3.05, 3.63) is 29.3 Å². The number of methoxy groups -OCH3 is 2. The Hall–Kier alpha value is -2.57. The van der Waals surface area contributed by atoms with Crippen molar-refractivity contribution in [1.29, 1.82) is 0 Å². The van der Waals surface area contributed by atoms with Gasteiger partial charge in [0.05, 0.1) is 25.3 Å². The quantitative estimate of drug-likeness (QED) is 0.737. The topological polar surface area (TPSA) is 90.9 Å². The molecule has 0 spiro atoms. The molecule has 4 bridgehead atoms. The summed E-state index contributed by atoms with van der Waals surface area (Å²) in [5.74, 6) is 1.09. The van der Waals surface area contributed by atoms with Gasteiger partial charge in [-0.15, -0.1) is 0 Å². The highest BCUT2D eigenvalue weighted by molar-refractivity contribution is 5.96. The lowest BCUT2D eigenvalue weighted by Crippen LogP contribution is -2.60. The van der Waals surface area contributed by atoms with E-state index in [0.29, 0.717) is 0 Å². The molecule has 156 valence electrons. The van der Waals surface area contributed by atoms with Gasteiger partial charge in [0.15, 0.2) is 6.61 Å². The van der Waals surface area contributed by atoms with Crippen molar-refractivity contribution in [2.45, 2.75) is 44.1 Å². The van der Waals surface area contributed by atoms with E-state index in [2.05, 4.69) is 5.32 Å². The highest BCUT2D eigenvalue weighted by Crippen LogP contribution is 2.55. The summed E-state index contributed by atoms with van der Waals surface area (Å²) >= 11 is 0. The van der Waals surface area contributed by atoms with E-state index in [4.69, 9.17) is 14.2 Å². The molecule has 7 heteroatoms. The van der Waals surface area contributed by atoms with Crippen LogP contribution in [0, 0.1) is 17.8 Å². The number of amides is 1. The fourth-order valence-corrected chi connectivity index (χ4v) is 5.90. The first-order valence-corrected chi connectivity index (χ1v) is 10.2. The molecular formula is C22H27NO6. The number of hydrogen-bond acceptors (Lipinski definition) is 6. The van der Waals surface area contributed by atoms with Gasteiger partial charge in [0.1, 0.15) is 5.75 Å². The third kappa shape index (κ3) is 4.09. The van der Waals surface area contributed by atoms with E-state index in [1.54, 1.807) is 0 Å². The molecule has 29 heavy (non-hydrogen) atoms. The Balaban J connectivity index is 1.42. The van der Waals surface area contributed by atoms with Gasteiger partial charge >= 0.3 is 11.9 Å². The van der Waals surface area contributed by atoms with Gasteiger partial charge in [-0.2, -0.15) is 0 Å². The summed E-state index contributed by atoms with van der Waals surface area (Å²) in [5, 5.41) is 3.24. The summed E-state index contributed by atoms with van der Waals surface area (Å²) in [6.45, 7) is -0.174. The monoisotopic (exact) mass is 401 g/mol. The lowest BCUT2D eigenvalue weighted by molar-refractivity contribution is -0.128. The summed E-state index contributed by atoms with van der Waals surface area (Å²) in [5.41, 5.74) is 0.235. The van der Waals surface area contributed by atoms with Crippen LogP contribution in [0.25, 0.3) is 0 Å². The SMILES string of the molecule is COC(=O)c1cc(OCC(=O)NC23CC4CC(CC(C4)C2)C3)cc(C(=O)OC)c1. The van der Waals surface area contributed by atoms with Gasteiger partial charge < -0.3 is 19.5 Å². The number of carbonyl (C=O) groups excluding carboxylic acids is 3.